The van der Waals surface area contributed by atoms with Gasteiger partial charge in [0.1, 0.15) is 55.4 Å². The lowest BCUT2D eigenvalue weighted by molar-refractivity contribution is -0.332. The second-order valence-corrected chi connectivity index (χ2v) is 18.4. The molecular weight excluding hydrogens is 841 g/mol. The molecule has 11 unspecified atom stereocenters. The van der Waals surface area contributed by atoms with E-state index >= 15 is 0 Å². The third kappa shape index (κ3) is 26.5. The number of ether oxygens (including phenoxy) is 6. The second kappa shape index (κ2) is 38.1. The summed E-state index contributed by atoms with van der Waals surface area (Å²) in [7, 11) is 0. The molecule has 2 heterocycles. The van der Waals surface area contributed by atoms with Crippen molar-refractivity contribution in [2.45, 2.75) is 268 Å². The second-order valence-electron chi connectivity index (χ2n) is 18.4. The molecule has 15 heteroatoms. The Labute approximate surface area is 390 Å². The van der Waals surface area contributed by atoms with Gasteiger partial charge >= 0.3 is 11.9 Å². The van der Waals surface area contributed by atoms with Gasteiger partial charge in [-0.05, 0) is 38.5 Å². The van der Waals surface area contributed by atoms with Gasteiger partial charge in [0.25, 0.3) is 0 Å². The van der Waals surface area contributed by atoms with E-state index in [9.17, 15) is 45.3 Å². The maximum absolute atomic E-state index is 13.0. The van der Waals surface area contributed by atoms with Crippen molar-refractivity contribution < 1.29 is 73.8 Å². The number of unbranched alkanes of at least 4 members (excludes halogenated alkanes) is 24. The van der Waals surface area contributed by atoms with E-state index in [4.69, 9.17) is 28.4 Å². The summed E-state index contributed by atoms with van der Waals surface area (Å²) < 4.78 is 33.6. The van der Waals surface area contributed by atoms with Crippen LogP contribution in [0.2, 0.25) is 0 Å². The van der Waals surface area contributed by atoms with Crippen LogP contribution in [-0.2, 0) is 38.0 Å². The normalized spacial score (nSPS) is 26.4. The molecular formula is C50H92O15. The molecule has 382 valence electrons. The van der Waals surface area contributed by atoms with Crippen LogP contribution in [0.1, 0.15) is 200 Å². The number of hydrogen-bond donors (Lipinski definition) is 7. The Morgan fingerprint density at radius 2 is 0.877 bits per heavy atom. The first-order valence-corrected chi connectivity index (χ1v) is 25.8. The highest BCUT2D eigenvalue weighted by atomic mass is 16.7. The van der Waals surface area contributed by atoms with Crippen LogP contribution in [0, 0.1) is 0 Å². The number of aliphatic hydroxyl groups is 7. The van der Waals surface area contributed by atoms with Gasteiger partial charge in [-0.15, -0.1) is 0 Å². The average molecular weight is 933 g/mol. The quantitative estimate of drug-likeness (QED) is 0.0187. The molecule has 2 aliphatic heterocycles. The number of hydrogen-bond acceptors (Lipinski definition) is 15. The fraction of sp³-hybridized carbons (Fsp3) is 0.920. The van der Waals surface area contributed by atoms with Gasteiger partial charge in [-0.2, -0.15) is 0 Å². The van der Waals surface area contributed by atoms with Gasteiger partial charge in [0.2, 0.25) is 0 Å². The summed E-state index contributed by atoms with van der Waals surface area (Å²) in [6.45, 7) is 2.59. The molecule has 0 aliphatic carbocycles. The Bertz CT molecular complexity index is 1190. The number of rotatable bonds is 40. The molecule has 0 radical (unpaired) electrons. The monoisotopic (exact) mass is 933 g/mol. The number of allylic oxidation sites excluding steroid dienone is 2. The lowest BCUT2D eigenvalue weighted by Gasteiger charge is -2.42. The zero-order valence-corrected chi connectivity index (χ0v) is 40.2. The highest BCUT2D eigenvalue weighted by Crippen LogP contribution is 2.26. The fourth-order valence-corrected chi connectivity index (χ4v) is 8.21. The highest BCUT2D eigenvalue weighted by Gasteiger charge is 2.47. The molecule has 0 bridgehead atoms. The first-order valence-electron chi connectivity index (χ1n) is 25.8. The van der Waals surface area contributed by atoms with Crippen LogP contribution < -0.4 is 0 Å². The SMILES string of the molecule is CCCCCCCCC/C=C\CCCCCCCC(=O)OC(COC(=O)CCCCCCCCCCCCCCC)COC1OC(COC2OC(CO)C(O)C(O)C2O)C(O)C(O)C1O. The van der Waals surface area contributed by atoms with E-state index < -0.39 is 92.7 Å². The number of carbonyl (C=O) groups is 2. The zero-order valence-electron chi connectivity index (χ0n) is 40.2. The van der Waals surface area contributed by atoms with Crippen LogP contribution in [0.4, 0.5) is 0 Å². The minimum Gasteiger partial charge on any atom is -0.462 e. The first kappa shape index (κ1) is 59.4. The molecule has 0 spiro atoms. The van der Waals surface area contributed by atoms with Crippen molar-refractivity contribution in [3.05, 3.63) is 12.2 Å². The third-order valence-corrected chi connectivity index (χ3v) is 12.5. The van der Waals surface area contributed by atoms with Crippen LogP contribution in [0.5, 0.6) is 0 Å². The largest absolute Gasteiger partial charge is 0.462 e. The predicted molar refractivity (Wildman–Crippen MR) is 248 cm³/mol. The summed E-state index contributed by atoms with van der Waals surface area (Å²) in [6.07, 6.45) is 19.5. The summed E-state index contributed by atoms with van der Waals surface area (Å²) in [6, 6.07) is 0. The predicted octanol–water partition coefficient (Wildman–Crippen LogP) is 6.99. The molecule has 2 saturated heterocycles. The van der Waals surface area contributed by atoms with Crippen LogP contribution in [0.15, 0.2) is 12.2 Å². The summed E-state index contributed by atoms with van der Waals surface area (Å²) in [5.74, 6) is -0.925. The number of aliphatic hydroxyl groups excluding tert-OH is 7. The maximum Gasteiger partial charge on any atom is 0.306 e. The molecule has 7 N–H and O–H groups in total. The molecule has 15 nitrogen and oxygen atoms in total. The molecule has 0 aromatic heterocycles. The summed E-state index contributed by atoms with van der Waals surface area (Å²) in [5.41, 5.74) is 0. The Kier molecular flexibility index (Phi) is 34.8. The molecule has 0 amide bonds. The number of esters is 2. The first-order chi connectivity index (χ1) is 31.5. The molecule has 2 rings (SSSR count). The molecule has 0 aromatic rings. The van der Waals surface area contributed by atoms with Crippen LogP contribution in [0.25, 0.3) is 0 Å². The van der Waals surface area contributed by atoms with Gasteiger partial charge in [0, 0.05) is 12.8 Å². The van der Waals surface area contributed by atoms with Crippen molar-refractivity contribution in [2.75, 3.05) is 26.4 Å². The van der Waals surface area contributed by atoms with E-state index in [1.54, 1.807) is 0 Å². The van der Waals surface area contributed by atoms with Crippen LogP contribution in [0.3, 0.4) is 0 Å². The lowest BCUT2D eigenvalue weighted by atomic mass is 9.98. The van der Waals surface area contributed by atoms with Gasteiger partial charge in [0.05, 0.1) is 19.8 Å². The average Bonchev–Trinajstić information content (AvgIpc) is 3.30. The Balaban J connectivity index is 1.81. The van der Waals surface area contributed by atoms with Crippen molar-refractivity contribution >= 4 is 11.9 Å². The summed E-state index contributed by atoms with van der Waals surface area (Å²) in [4.78, 5) is 25.7. The van der Waals surface area contributed by atoms with E-state index in [0.717, 1.165) is 57.8 Å². The molecule has 0 aromatic carbocycles. The minimum atomic E-state index is -1.76. The van der Waals surface area contributed by atoms with Gasteiger partial charge in [0.15, 0.2) is 18.7 Å². The molecule has 2 aliphatic rings. The molecule has 65 heavy (non-hydrogen) atoms. The van der Waals surface area contributed by atoms with Crippen molar-refractivity contribution in [3.63, 3.8) is 0 Å². The van der Waals surface area contributed by atoms with Gasteiger partial charge in [-0.3, -0.25) is 9.59 Å². The zero-order chi connectivity index (χ0) is 47.5. The Hall–Kier alpha value is -1.76. The summed E-state index contributed by atoms with van der Waals surface area (Å²) >= 11 is 0. The Morgan fingerprint density at radius 1 is 0.477 bits per heavy atom. The highest BCUT2D eigenvalue weighted by molar-refractivity contribution is 5.70. The van der Waals surface area contributed by atoms with Gasteiger partial charge < -0.3 is 64.2 Å². The smallest absolute Gasteiger partial charge is 0.306 e. The van der Waals surface area contributed by atoms with Gasteiger partial charge in [-0.1, -0.05) is 161 Å². The van der Waals surface area contributed by atoms with E-state index in [2.05, 4.69) is 26.0 Å². The van der Waals surface area contributed by atoms with E-state index in [0.29, 0.717) is 12.8 Å². The van der Waals surface area contributed by atoms with Crippen molar-refractivity contribution in [1.29, 1.82) is 0 Å². The van der Waals surface area contributed by atoms with Crippen molar-refractivity contribution in [1.82, 2.24) is 0 Å². The maximum atomic E-state index is 13.0. The van der Waals surface area contributed by atoms with Gasteiger partial charge in [-0.25, -0.2) is 0 Å². The standard InChI is InChI=1S/C50H92O15/c1-3-5-7-9-11-13-15-17-18-19-21-23-25-27-29-31-33-42(53)63-38(35-60-41(52)32-30-28-26-24-22-20-16-14-12-10-8-6-4-2)36-61-49-48(59)46(57)44(55)40(65-49)37-62-50-47(58)45(56)43(54)39(34-51)64-50/h18-19,38-40,43-51,54-59H,3-17,20-37H2,1-2H3/b19-18-. The lowest BCUT2D eigenvalue weighted by Crippen LogP contribution is -2.61. The third-order valence-electron chi connectivity index (χ3n) is 12.5. The van der Waals surface area contributed by atoms with E-state index in [1.807, 2.05) is 0 Å². The topological polar surface area (TPSA) is 231 Å². The fourth-order valence-electron chi connectivity index (χ4n) is 8.21. The Morgan fingerprint density at radius 3 is 1.35 bits per heavy atom. The molecule has 0 saturated carbocycles. The van der Waals surface area contributed by atoms with E-state index in [-0.39, 0.29) is 26.1 Å². The van der Waals surface area contributed by atoms with Crippen LogP contribution >= 0.6 is 0 Å². The van der Waals surface area contributed by atoms with E-state index in [1.165, 1.54) is 103 Å². The van der Waals surface area contributed by atoms with Crippen molar-refractivity contribution in [3.8, 4) is 0 Å². The molecule has 2 fully saturated rings. The van der Waals surface area contributed by atoms with Crippen LogP contribution in [-0.4, -0.2) is 142 Å². The summed E-state index contributed by atoms with van der Waals surface area (Å²) in [5, 5.41) is 72.0. The van der Waals surface area contributed by atoms with Crippen molar-refractivity contribution in [2.24, 2.45) is 0 Å². The minimum absolute atomic E-state index is 0.159. The molecule has 11 atom stereocenters. The number of carbonyl (C=O) groups excluding carboxylic acids is 2.